The van der Waals surface area contributed by atoms with Gasteiger partial charge in [0.2, 0.25) is 17.6 Å². The first kappa shape index (κ1) is 26.5. The number of carbonyl (C=O) groups excluding carboxylic acids is 1. The van der Waals surface area contributed by atoms with E-state index < -0.39 is 6.04 Å². The van der Waals surface area contributed by atoms with E-state index >= 15 is 0 Å². The molecule has 0 bridgehead atoms. The van der Waals surface area contributed by atoms with Crippen LogP contribution < -0.4 is 4.72 Å². The summed E-state index contributed by atoms with van der Waals surface area (Å²) in [5.41, 5.74) is 3.41. The molecule has 10 heteroatoms. The number of aromatic nitrogens is 3. The number of nitrogens with one attached hydrogen (secondary N) is 1. The van der Waals surface area contributed by atoms with Gasteiger partial charge in [0, 0.05) is 43.7 Å². The van der Waals surface area contributed by atoms with Crippen LogP contribution in [0.15, 0.2) is 70.2 Å². The van der Waals surface area contributed by atoms with Crippen molar-refractivity contribution >= 4 is 29.5 Å². The van der Waals surface area contributed by atoms with Crippen molar-refractivity contribution in [3.63, 3.8) is 0 Å². The molecule has 37 heavy (non-hydrogen) atoms. The van der Waals surface area contributed by atoms with E-state index in [9.17, 15) is 10.1 Å². The van der Waals surface area contributed by atoms with Crippen LogP contribution in [-0.4, -0.2) is 38.6 Å². The lowest BCUT2D eigenvalue weighted by Crippen LogP contribution is -2.43. The Hall–Kier alpha value is -3.58. The zero-order valence-electron chi connectivity index (χ0n) is 20.8. The van der Waals surface area contributed by atoms with Crippen molar-refractivity contribution < 1.29 is 9.32 Å². The maximum atomic E-state index is 13.6. The molecule has 0 aliphatic rings. The Balaban J connectivity index is 1.46. The summed E-state index contributed by atoms with van der Waals surface area (Å²) in [7, 11) is 1.79. The standard InChI is InChI=1S/C27H27ClN6O2S/c1-18-6-4-8-23(28)25(18)37-32-24(13-15-34-14-5-7-22(34)16-29)27(35)33(3)17-20-9-11-21(12-10-20)26-30-19(2)36-31-26/h4-12,14,24,32H,13,15,17H2,1-3H3. The van der Waals surface area contributed by atoms with Crippen LogP contribution in [0.4, 0.5) is 0 Å². The van der Waals surface area contributed by atoms with Crippen LogP contribution in [0.2, 0.25) is 5.02 Å². The van der Waals surface area contributed by atoms with E-state index in [1.807, 2.05) is 66.2 Å². The minimum Gasteiger partial charge on any atom is -0.340 e. The fourth-order valence-electron chi connectivity index (χ4n) is 3.88. The van der Waals surface area contributed by atoms with Crippen LogP contribution in [0, 0.1) is 25.2 Å². The number of nitriles is 1. The number of amides is 1. The fraction of sp³-hybridized carbons (Fsp3) is 0.259. The van der Waals surface area contributed by atoms with Crippen molar-refractivity contribution in [3.05, 3.63) is 88.5 Å². The summed E-state index contributed by atoms with van der Waals surface area (Å²) in [5, 5.41) is 13.9. The number of carbonyl (C=O) groups is 1. The lowest BCUT2D eigenvalue weighted by Gasteiger charge is -2.25. The zero-order chi connectivity index (χ0) is 26.4. The van der Waals surface area contributed by atoms with E-state index in [1.165, 1.54) is 11.9 Å². The summed E-state index contributed by atoms with van der Waals surface area (Å²) in [6, 6.07) is 18.7. The van der Waals surface area contributed by atoms with Gasteiger partial charge in [-0.1, -0.05) is 53.2 Å². The molecule has 0 saturated carbocycles. The Bertz CT molecular complexity index is 1390. The molecule has 4 rings (SSSR count). The van der Waals surface area contributed by atoms with Gasteiger partial charge in [0.25, 0.3) is 0 Å². The minimum absolute atomic E-state index is 0.0549. The molecule has 2 aromatic heterocycles. The van der Waals surface area contributed by atoms with Crippen LogP contribution >= 0.6 is 23.5 Å². The summed E-state index contributed by atoms with van der Waals surface area (Å²) in [6.45, 7) is 4.69. The molecule has 1 unspecified atom stereocenters. The maximum absolute atomic E-state index is 13.6. The highest BCUT2D eigenvalue weighted by molar-refractivity contribution is 7.97. The first-order valence-electron chi connectivity index (χ1n) is 11.7. The highest BCUT2D eigenvalue weighted by Gasteiger charge is 2.23. The predicted molar refractivity (Wildman–Crippen MR) is 144 cm³/mol. The highest BCUT2D eigenvalue weighted by Crippen LogP contribution is 2.29. The topological polar surface area (TPSA) is 100.0 Å². The van der Waals surface area contributed by atoms with Crippen molar-refractivity contribution in [3.8, 4) is 17.5 Å². The molecule has 1 N–H and O–H groups in total. The second-order valence-corrected chi connectivity index (χ2v) is 9.93. The molecule has 1 amide bonds. The number of halogens is 1. The Morgan fingerprint density at radius 2 is 2.00 bits per heavy atom. The Kier molecular flexibility index (Phi) is 8.66. The summed E-state index contributed by atoms with van der Waals surface area (Å²) >= 11 is 7.76. The molecule has 0 aliphatic heterocycles. The number of benzene rings is 2. The van der Waals surface area contributed by atoms with E-state index in [1.54, 1.807) is 24.9 Å². The van der Waals surface area contributed by atoms with Gasteiger partial charge < -0.3 is 14.0 Å². The van der Waals surface area contributed by atoms with Gasteiger partial charge in [0.05, 0.1) is 11.1 Å². The first-order valence-corrected chi connectivity index (χ1v) is 12.9. The highest BCUT2D eigenvalue weighted by atomic mass is 35.5. The molecule has 0 fully saturated rings. The maximum Gasteiger partial charge on any atom is 0.240 e. The third kappa shape index (κ3) is 6.60. The van der Waals surface area contributed by atoms with Crippen molar-refractivity contribution in [2.75, 3.05) is 7.05 Å². The van der Waals surface area contributed by atoms with E-state index in [4.69, 9.17) is 16.1 Å². The van der Waals surface area contributed by atoms with Gasteiger partial charge in [-0.25, -0.2) is 4.72 Å². The molecule has 8 nitrogen and oxygen atoms in total. The second kappa shape index (κ2) is 12.1. The Morgan fingerprint density at radius 3 is 2.68 bits per heavy atom. The van der Waals surface area contributed by atoms with Gasteiger partial charge in [-0.2, -0.15) is 10.2 Å². The lowest BCUT2D eigenvalue weighted by molar-refractivity contribution is -0.132. The normalized spacial score (nSPS) is 11.8. The molecule has 2 aromatic carbocycles. The number of rotatable bonds is 10. The summed E-state index contributed by atoms with van der Waals surface area (Å²) < 4.78 is 10.2. The molecule has 4 aromatic rings. The summed E-state index contributed by atoms with van der Waals surface area (Å²) in [6.07, 6.45) is 2.35. The smallest absolute Gasteiger partial charge is 0.240 e. The molecule has 190 valence electrons. The third-order valence-electron chi connectivity index (χ3n) is 5.90. The largest absolute Gasteiger partial charge is 0.340 e. The molecule has 0 radical (unpaired) electrons. The van der Waals surface area contributed by atoms with Crippen LogP contribution in [0.5, 0.6) is 0 Å². The average molecular weight is 535 g/mol. The van der Waals surface area contributed by atoms with E-state index in [0.29, 0.717) is 41.9 Å². The average Bonchev–Trinajstić information content (AvgIpc) is 3.54. The Labute approximate surface area is 225 Å². The van der Waals surface area contributed by atoms with E-state index in [-0.39, 0.29) is 5.91 Å². The van der Waals surface area contributed by atoms with Gasteiger partial charge in [-0.05, 0) is 54.6 Å². The SMILES string of the molecule is Cc1nc(-c2ccc(CN(C)C(=O)C(CCn3cccc3C#N)NSc3c(C)cccc3Cl)cc2)no1. The molecule has 2 heterocycles. The quantitative estimate of drug-likeness (QED) is 0.272. The predicted octanol–water partition coefficient (Wildman–Crippen LogP) is 5.39. The summed E-state index contributed by atoms with van der Waals surface area (Å²) in [4.78, 5) is 20.4. The van der Waals surface area contributed by atoms with Crippen LogP contribution in [0.3, 0.4) is 0 Å². The van der Waals surface area contributed by atoms with Crippen molar-refractivity contribution in [2.45, 2.75) is 44.3 Å². The summed E-state index contributed by atoms with van der Waals surface area (Å²) in [5.74, 6) is 0.988. The van der Waals surface area contributed by atoms with Crippen LogP contribution in [0.25, 0.3) is 11.4 Å². The number of nitrogens with zero attached hydrogens (tertiary/aromatic N) is 5. The van der Waals surface area contributed by atoms with Gasteiger partial charge in [0.1, 0.15) is 11.8 Å². The van der Waals surface area contributed by atoms with E-state index in [0.717, 1.165) is 21.6 Å². The number of hydrogen-bond donors (Lipinski definition) is 1. The van der Waals surface area contributed by atoms with Crippen molar-refractivity contribution in [1.82, 2.24) is 24.3 Å². The van der Waals surface area contributed by atoms with Gasteiger partial charge >= 0.3 is 0 Å². The molecular weight excluding hydrogens is 508 g/mol. The molecule has 0 spiro atoms. The number of likely N-dealkylation sites (N-methyl/N-ethyl adjacent to an activating group) is 1. The second-order valence-electron chi connectivity index (χ2n) is 8.67. The molecule has 0 aliphatic carbocycles. The number of hydrogen-bond acceptors (Lipinski definition) is 7. The first-order chi connectivity index (χ1) is 17.9. The van der Waals surface area contributed by atoms with Crippen LogP contribution in [0.1, 0.15) is 29.1 Å². The van der Waals surface area contributed by atoms with Gasteiger partial charge in [0.15, 0.2) is 0 Å². The molecule has 0 saturated heterocycles. The zero-order valence-corrected chi connectivity index (χ0v) is 22.4. The van der Waals surface area contributed by atoms with Gasteiger partial charge in [-0.3, -0.25) is 4.79 Å². The van der Waals surface area contributed by atoms with Crippen molar-refractivity contribution in [2.24, 2.45) is 0 Å². The van der Waals surface area contributed by atoms with Crippen molar-refractivity contribution in [1.29, 1.82) is 5.26 Å². The molecular formula is C27H27ClN6O2S. The number of aryl methyl sites for hydroxylation is 3. The van der Waals surface area contributed by atoms with E-state index in [2.05, 4.69) is 20.9 Å². The third-order valence-corrected chi connectivity index (χ3v) is 7.48. The van der Waals surface area contributed by atoms with Gasteiger partial charge in [-0.15, -0.1) is 0 Å². The van der Waals surface area contributed by atoms with Crippen LogP contribution in [-0.2, 0) is 17.9 Å². The lowest BCUT2D eigenvalue weighted by atomic mass is 10.1. The monoisotopic (exact) mass is 534 g/mol. The molecule has 1 atom stereocenters. The minimum atomic E-state index is -0.499. The Morgan fingerprint density at radius 1 is 1.22 bits per heavy atom. The fourth-order valence-corrected chi connectivity index (χ4v) is 5.09.